The Hall–Kier alpha value is -3.09. The molecule has 0 saturated heterocycles. The number of hydrogen-bond donors (Lipinski definition) is 0. The summed E-state index contributed by atoms with van der Waals surface area (Å²) in [5.74, 6) is 1.95. The van der Waals surface area contributed by atoms with Crippen LogP contribution in [0.15, 0.2) is 24.3 Å². The fraction of sp³-hybridized carbons (Fsp3) is 0.350. The molecule has 0 amide bonds. The molecule has 3 rings (SSSR count). The van der Waals surface area contributed by atoms with Gasteiger partial charge in [-0.2, -0.15) is 0 Å². The van der Waals surface area contributed by atoms with Crippen LogP contribution in [0, 0.1) is 0 Å². The Morgan fingerprint density at radius 2 is 1.48 bits per heavy atom. The number of esters is 1. The summed E-state index contributed by atoms with van der Waals surface area (Å²) in [5.41, 5.74) is 2.00. The normalized spacial score (nSPS) is 15.0. The van der Waals surface area contributed by atoms with Gasteiger partial charge in [-0.3, -0.25) is 0 Å². The maximum Gasteiger partial charge on any atom is 0.343 e. The highest BCUT2D eigenvalue weighted by Gasteiger charge is 2.37. The van der Waals surface area contributed by atoms with E-state index in [1.165, 1.54) is 21.3 Å². The average Bonchev–Trinajstić information content (AvgIpc) is 3.01. The third-order valence-corrected chi connectivity index (χ3v) is 4.53. The summed E-state index contributed by atoms with van der Waals surface area (Å²) in [6, 6.07) is 7.35. The Kier molecular flexibility index (Phi) is 5.30. The number of benzene rings is 2. The first-order valence-corrected chi connectivity index (χ1v) is 8.32. The maximum absolute atomic E-state index is 12.5. The Labute approximate surface area is 157 Å². The van der Waals surface area contributed by atoms with Crippen molar-refractivity contribution in [2.45, 2.75) is 12.5 Å². The number of carbonyl (C=O) groups is 1. The first-order chi connectivity index (χ1) is 13.1. The van der Waals surface area contributed by atoms with Crippen molar-refractivity contribution in [1.82, 2.24) is 0 Å². The molecule has 1 atom stereocenters. The van der Waals surface area contributed by atoms with E-state index in [4.69, 9.17) is 28.4 Å². The minimum Gasteiger partial charge on any atom is -0.493 e. The molecule has 0 N–H and O–H groups in total. The number of rotatable bonds is 7. The lowest BCUT2D eigenvalue weighted by Crippen LogP contribution is -2.03. The molecule has 7 nitrogen and oxygen atoms in total. The molecular weight excluding hydrogens is 352 g/mol. The summed E-state index contributed by atoms with van der Waals surface area (Å²) in [6.07, 6.45) is -0.00289. The second-order valence-electron chi connectivity index (χ2n) is 5.90. The second-order valence-corrected chi connectivity index (χ2v) is 5.90. The van der Waals surface area contributed by atoms with Crippen LogP contribution < -0.4 is 23.7 Å². The third-order valence-electron chi connectivity index (χ3n) is 4.53. The monoisotopic (exact) mass is 374 g/mol. The molecule has 2 aromatic carbocycles. The van der Waals surface area contributed by atoms with E-state index in [1.807, 2.05) is 18.2 Å². The molecular formula is C20H22O7. The zero-order valence-corrected chi connectivity index (χ0v) is 16.0. The van der Waals surface area contributed by atoms with Gasteiger partial charge in [0, 0.05) is 12.0 Å². The van der Waals surface area contributed by atoms with Gasteiger partial charge in [0.2, 0.25) is 5.75 Å². The molecule has 0 spiro atoms. The van der Waals surface area contributed by atoms with E-state index in [-0.39, 0.29) is 0 Å². The third kappa shape index (κ3) is 3.20. The van der Waals surface area contributed by atoms with Crippen molar-refractivity contribution in [3.63, 3.8) is 0 Å². The molecule has 7 heteroatoms. The fourth-order valence-electron chi connectivity index (χ4n) is 3.26. The van der Waals surface area contributed by atoms with Crippen LogP contribution in [-0.2, 0) is 11.2 Å². The van der Waals surface area contributed by atoms with Crippen molar-refractivity contribution in [3.8, 4) is 28.7 Å². The number of fused-ring (bicyclic) bond motifs is 1. The van der Waals surface area contributed by atoms with Gasteiger partial charge in [0.25, 0.3) is 0 Å². The van der Waals surface area contributed by atoms with Gasteiger partial charge in [-0.15, -0.1) is 0 Å². The summed E-state index contributed by atoms with van der Waals surface area (Å²) in [5, 5.41) is 0. The number of methoxy groups -OCH3 is 5. The van der Waals surface area contributed by atoms with Gasteiger partial charge in [-0.05, 0) is 23.8 Å². The van der Waals surface area contributed by atoms with Crippen LogP contribution in [0.5, 0.6) is 28.7 Å². The van der Waals surface area contributed by atoms with Gasteiger partial charge in [0.1, 0.15) is 11.7 Å². The Morgan fingerprint density at radius 3 is 2.07 bits per heavy atom. The molecule has 0 unspecified atom stereocenters. The van der Waals surface area contributed by atoms with E-state index < -0.39 is 12.1 Å². The number of cyclic esters (lactones) is 1. The molecule has 1 aliphatic rings. The lowest BCUT2D eigenvalue weighted by Gasteiger charge is -2.16. The topological polar surface area (TPSA) is 72.5 Å². The highest BCUT2D eigenvalue weighted by atomic mass is 16.6. The van der Waals surface area contributed by atoms with E-state index in [0.717, 1.165) is 5.56 Å². The van der Waals surface area contributed by atoms with Crippen LogP contribution in [0.1, 0.15) is 27.6 Å². The van der Waals surface area contributed by atoms with Crippen molar-refractivity contribution < 1.29 is 33.2 Å². The highest BCUT2D eigenvalue weighted by molar-refractivity contribution is 5.98. The zero-order valence-electron chi connectivity index (χ0n) is 16.0. The molecule has 27 heavy (non-hydrogen) atoms. The molecule has 2 aromatic rings. The van der Waals surface area contributed by atoms with Crippen LogP contribution in [0.3, 0.4) is 0 Å². The fourth-order valence-corrected chi connectivity index (χ4v) is 3.26. The largest absolute Gasteiger partial charge is 0.493 e. The number of hydrogen-bond acceptors (Lipinski definition) is 7. The summed E-state index contributed by atoms with van der Waals surface area (Å²) < 4.78 is 32.4. The summed E-state index contributed by atoms with van der Waals surface area (Å²) in [6.45, 7) is 0. The highest BCUT2D eigenvalue weighted by Crippen LogP contribution is 2.48. The molecule has 144 valence electrons. The lowest BCUT2D eigenvalue weighted by molar-refractivity contribution is 0.0385. The predicted molar refractivity (Wildman–Crippen MR) is 97.5 cm³/mol. The SMILES string of the molecule is COc1ccc(C[C@@H]2OC(=O)c3c2cc(OC)c(OC)c3OC)cc1OC. The molecule has 0 radical (unpaired) electrons. The van der Waals surface area contributed by atoms with E-state index in [0.29, 0.717) is 46.3 Å². The van der Waals surface area contributed by atoms with Gasteiger partial charge in [-0.25, -0.2) is 4.79 Å². The van der Waals surface area contributed by atoms with E-state index in [9.17, 15) is 4.79 Å². The first kappa shape index (κ1) is 18.7. The van der Waals surface area contributed by atoms with Crippen LogP contribution in [0.25, 0.3) is 0 Å². The van der Waals surface area contributed by atoms with Crippen LogP contribution >= 0.6 is 0 Å². The minimum atomic E-state index is -0.473. The maximum atomic E-state index is 12.5. The molecule has 0 aliphatic carbocycles. The summed E-state index contributed by atoms with van der Waals surface area (Å²) in [7, 11) is 7.67. The molecule has 0 fully saturated rings. The van der Waals surface area contributed by atoms with Gasteiger partial charge in [-0.1, -0.05) is 6.07 Å². The predicted octanol–water partition coefficient (Wildman–Crippen LogP) is 3.18. The molecule has 0 bridgehead atoms. The Morgan fingerprint density at radius 1 is 0.815 bits per heavy atom. The van der Waals surface area contributed by atoms with E-state index in [2.05, 4.69) is 0 Å². The minimum absolute atomic E-state index is 0.312. The van der Waals surface area contributed by atoms with Gasteiger partial charge in [0.15, 0.2) is 23.0 Å². The number of carbonyl (C=O) groups excluding carboxylic acids is 1. The van der Waals surface area contributed by atoms with Gasteiger partial charge >= 0.3 is 5.97 Å². The summed E-state index contributed by atoms with van der Waals surface area (Å²) >= 11 is 0. The molecule has 0 aromatic heterocycles. The standard InChI is InChI=1S/C20H22O7/c1-22-13-7-6-11(9-15(13)23-2)8-14-12-10-16(24-3)18(25-4)19(26-5)17(12)20(21)27-14/h6-7,9-10,14H,8H2,1-5H3/t14-/m0/s1. The van der Waals surface area contributed by atoms with E-state index in [1.54, 1.807) is 20.3 Å². The molecule has 1 heterocycles. The first-order valence-electron chi connectivity index (χ1n) is 8.32. The zero-order chi connectivity index (χ0) is 19.6. The number of ether oxygens (including phenoxy) is 6. The van der Waals surface area contributed by atoms with Gasteiger partial charge in [0.05, 0.1) is 35.5 Å². The van der Waals surface area contributed by atoms with Crippen LogP contribution in [-0.4, -0.2) is 41.5 Å². The van der Waals surface area contributed by atoms with Gasteiger partial charge < -0.3 is 28.4 Å². The quantitative estimate of drug-likeness (QED) is 0.689. The average molecular weight is 374 g/mol. The van der Waals surface area contributed by atoms with Crippen molar-refractivity contribution in [3.05, 3.63) is 41.0 Å². The lowest BCUT2D eigenvalue weighted by atomic mass is 9.97. The smallest absolute Gasteiger partial charge is 0.343 e. The molecule has 0 saturated carbocycles. The van der Waals surface area contributed by atoms with Crippen molar-refractivity contribution in [2.75, 3.05) is 35.5 Å². The van der Waals surface area contributed by atoms with Crippen molar-refractivity contribution >= 4 is 5.97 Å². The summed E-state index contributed by atoms with van der Waals surface area (Å²) in [4.78, 5) is 12.5. The van der Waals surface area contributed by atoms with Crippen molar-refractivity contribution in [1.29, 1.82) is 0 Å². The van der Waals surface area contributed by atoms with Crippen molar-refractivity contribution in [2.24, 2.45) is 0 Å². The van der Waals surface area contributed by atoms with E-state index >= 15 is 0 Å². The second kappa shape index (κ2) is 7.65. The van der Waals surface area contributed by atoms with Crippen LogP contribution in [0.4, 0.5) is 0 Å². The molecule has 1 aliphatic heterocycles. The Balaban J connectivity index is 2.01. The van der Waals surface area contributed by atoms with Crippen LogP contribution in [0.2, 0.25) is 0 Å². The Bertz CT molecular complexity index is 860.